The molecule has 0 saturated carbocycles. The molecule has 2 heterocycles. The number of anilines is 2. The molecule has 0 aromatic carbocycles. The number of hydrogen-bond donors (Lipinski definition) is 4. The molecule has 2 rings (SSSR count). The van der Waals surface area contributed by atoms with Gasteiger partial charge in [0.25, 0.3) is 5.91 Å². The standard InChI is InChI=1S/C13H23N5O2S/c1-8(19)2-5-16-12(20)10-11(15)17-13(21-10)18-6-3-9(14)4-7-18/h8-9,19H,2-7,14-15H2,1H3,(H,16,20). The van der Waals surface area contributed by atoms with Gasteiger partial charge in [0, 0.05) is 25.7 Å². The van der Waals surface area contributed by atoms with Crippen LogP contribution in [-0.4, -0.2) is 47.8 Å². The molecule has 0 aliphatic carbocycles. The molecule has 8 heteroatoms. The third kappa shape index (κ3) is 4.29. The van der Waals surface area contributed by atoms with Crippen molar-refractivity contribution in [1.29, 1.82) is 0 Å². The molecule has 118 valence electrons. The largest absolute Gasteiger partial charge is 0.393 e. The first-order valence-corrected chi connectivity index (χ1v) is 8.02. The fraction of sp³-hybridized carbons (Fsp3) is 0.692. The van der Waals surface area contributed by atoms with E-state index in [4.69, 9.17) is 11.5 Å². The molecule has 6 N–H and O–H groups in total. The average molecular weight is 313 g/mol. The summed E-state index contributed by atoms with van der Waals surface area (Å²) in [5, 5.41) is 12.7. The number of rotatable bonds is 5. The van der Waals surface area contributed by atoms with Crippen molar-refractivity contribution in [3.63, 3.8) is 0 Å². The lowest BCUT2D eigenvalue weighted by Gasteiger charge is -2.29. The smallest absolute Gasteiger partial charge is 0.265 e. The summed E-state index contributed by atoms with van der Waals surface area (Å²) in [6.45, 7) is 3.79. The molecular formula is C13H23N5O2S. The van der Waals surface area contributed by atoms with Gasteiger partial charge in [-0.1, -0.05) is 11.3 Å². The first-order valence-electron chi connectivity index (χ1n) is 7.20. The Bertz CT molecular complexity index is 483. The highest BCUT2D eigenvalue weighted by molar-refractivity contribution is 7.18. The van der Waals surface area contributed by atoms with E-state index in [2.05, 4.69) is 15.2 Å². The summed E-state index contributed by atoms with van der Waals surface area (Å²) < 4.78 is 0. The second-order valence-electron chi connectivity index (χ2n) is 5.43. The van der Waals surface area contributed by atoms with Crippen LogP contribution in [0.25, 0.3) is 0 Å². The van der Waals surface area contributed by atoms with Crippen LogP contribution in [0.3, 0.4) is 0 Å². The quantitative estimate of drug-likeness (QED) is 0.615. The molecule has 1 aliphatic rings. The predicted octanol–water partition coefficient (Wildman–Crippen LogP) is 0.154. The Balaban J connectivity index is 1.96. The van der Waals surface area contributed by atoms with Gasteiger partial charge in [-0.05, 0) is 26.2 Å². The van der Waals surface area contributed by atoms with Crippen LogP contribution < -0.4 is 21.7 Å². The van der Waals surface area contributed by atoms with Gasteiger partial charge in [-0.15, -0.1) is 0 Å². The van der Waals surface area contributed by atoms with Gasteiger partial charge in [0.1, 0.15) is 10.7 Å². The molecule has 1 unspecified atom stereocenters. The third-order valence-corrected chi connectivity index (χ3v) is 4.64. The number of piperidine rings is 1. The normalized spacial score (nSPS) is 17.8. The lowest BCUT2D eigenvalue weighted by Crippen LogP contribution is -2.39. The van der Waals surface area contributed by atoms with E-state index in [0.29, 0.717) is 17.8 Å². The first-order chi connectivity index (χ1) is 9.97. The predicted molar refractivity (Wildman–Crippen MR) is 84.6 cm³/mol. The number of aromatic nitrogens is 1. The lowest BCUT2D eigenvalue weighted by molar-refractivity contribution is 0.0950. The highest BCUT2D eigenvalue weighted by atomic mass is 32.1. The van der Waals surface area contributed by atoms with Crippen LogP contribution in [0.4, 0.5) is 10.9 Å². The Morgan fingerprint density at radius 2 is 2.24 bits per heavy atom. The van der Waals surface area contributed by atoms with E-state index < -0.39 is 6.10 Å². The average Bonchev–Trinajstić information content (AvgIpc) is 2.81. The van der Waals surface area contributed by atoms with E-state index in [0.717, 1.165) is 31.1 Å². The van der Waals surface area contributed by atoms with Crippen LogP contribution in [0.2, 0.25) is 0 Å². The van der Waals surface area contributed by atoms with Gasteiger partial charge < -0.3 is 26.8 Å². The van der Waals surface area contributed by atoms with Crippen LogP contribution >= 0.6 is 11.3 Å². The lowest BCUT2D eigenvalue weighted by atomic mass is 10.1. The van der Waals surface area contributed by atoms with Crippen LogP contribution in [0.5, 0.6) is 0 Å². The van der Waals surface area contributed by atoms with E-state index >= 15 is 0 Å². The monoisotopic (exact) mass is 313 g/mol. The number of thiazole rings is 1. The minimum absolute atomic E-state index is 0.231. The molecule has 1 aliphatic heterocycles. The third-order valence-electron chi connectivity index (χ3n) is 3.51. The fourth-order valence-corrected chi connectivity index (χ4v) is 3.14. The zero-order chi connectivity index (χ0) is 15.4. The zero-order valence-corrected chi connectivity index (χ0v) is 13.0. The van der Waals surface area contributed by atoms with E-state index in [1.54, 1.807) is 6.92 Å². The second kappa shape index (κ2) is 7.06. The Hall–Kier alpha value is -1.38. The molecule has 1 fully saturated rings. The first kappa shape index (κ1) is 16.0. The summed E-state index contributed by atoms with van der Waals surface area (Å²) in [6.07, 6.45) is 1.93. The molecule has 21 heavy (non-hydrogen) atoms. The summed E-state index contributed by atoms with van der Waals surface area (Å²) in [7, 11) is 0. The van der Waals surface area contributed by atoms with E-state index in [1.165, 1.54) is 11.3 Å². The van der Waals surface area contributed by atoms with Crippen LogP contribution in [-0.2, 0) is 0 Å². The number of hydrogen-bond acceptors (Lipinski definition) is 7. The van der Waals surface area contributed by atoms with Crippen LogP contribution in [0.1, 0.15) is 35.9 Å². The minimum Gasteiger partial charge on any atom is -0.393 e. The number of aliphatic hydroxyl groups is 1. The number of nitrogens with one attached hydrogen (secondary N) is 1. The maximum atomic E-state index is 12.1. The number of nitrogen functional groups attached to an aromatic ring is 1. The summed E-state index contributed by atoms with van der Waals surface area (Å²) in [5.41, 5.74) is 11.7. The van der Waals surface area contributed by atoms with Crippen LogP contribution in [0, 0.1) is 0 Å². The highest BCUT2D eigenvalue weighted by Gasteiger charge is 2.22. The molecule has 7 nitrogen and oxygen atoms in total. The van der Waals surface area contributed by atoms with E-state index in [9.17, 15) is 9.90 Å². The number of amides is 1. The SMILES string of the molecule is CC(O)CCNC(=O)c1sc(N2CCC(N)CC2)nc1N. The van der Waals surface area contributed by atoms with Gasteiger partial charge in [-0.2, -0.15) is 0 Å². The van der Waals surface area contributed by atoms with Gasteiger partial charge in [0.15, 0.2) is 5.13 Å². The minimum atomic E-state index is -0.433. The maximum Gasteiger partial charge on any atom is 0.265 e. The van der Waals surface area contributed by atoms with E-state index in [1.807, 2.05) is 0 Å². The fourth-order valence-electron chi connectivity index (χ4n) is 2.18. The van der Waals surface area contributed by atoms with Crippen molar-refractivity contribution >= 4 is 28.2 Å². The summed E-state index contributed by atoms with van der Waals surface area (Å²) in [4.78, 5) is 18.9. The van der Waals surface area contributed by atoms with Crippen molar-refractivity contribution in [2.75, 3.05) is 30.3 Å². The molecule has 0 radical (unpaired) electrons. The van der Waals surface area contributed by atoms with Crippen molar-refractivity contribution in [3.8, 4) is 0 Å². The summed E-state index contributed by atoms with van der Waals surface area (Å²) in [6, 6.07) is 0.252. The molecule has 0 bridgehead atoms. The van der Waals surface area contributed by atoms with Gasteiger partial charge >= 0.3 is 0 Å². The molecule has 1 aromatic heterocycles. The number of nitrogens with two attached hydrogens (primary N) is 2. The van der Waals surface area contributed by atoms with Gasteiger partial charge in [-0.25, -0.2) is 4.98 Å². The van der Waals surface area contributed by atoms with Crippen molar-refractivity contribution in [2.24, 2.45) is 5.73 Å². The van der Waals surface area contributed by atoms with Gasteiger partial charge in [0.2, 0.25) is 0 Å². The summed E-state index contributed by atoms with van der Waals surface area (Å²) in [5.74, 6) is 0.0324. The Kier molecular flexibility index (Phi) is 5.38. The number of carbonyl (C=O) groups excluding carboxylic acids is 1. The van der Waals surface area contributed by atoms with Crippen molar-refractivity contribution < 1.29 is 9.90 Å². The molecule has 0 spiro atoms. The number of aliphatic hydroxyl groups excluding tert-OH is 1. The second-order valence-corrected chi connectivity index (χ2v) is 6.41. The van der Waals surface area contributed by atoms with Gasteiger partial charge in [0.05, 0.1) is 6.10 Å². The highest BCUT2D eigenvalue weighted by Crippen LogP contribution is 2.29. The molecule has 1 saturated heterocycles. The Morgan fingerprint density at radius 1 is 1.57 bits per heavy atom. The zero-order valence-electron chi connectivity index (χ0n) is 12.2. The number of nitrogens with zero attached hydrogens (tertiary/aromatic N) is 2. The Morgan fingerprint density at radius 3 is 2.86 bits per heavy atom. The molecule has 1 aromatic rings. The molecule has 1 amide bonds. The van der Waals surface area contributed by atoms with Gasteiger partial charge in [-0.3, -0.25) is 4.79 Å². The maximum absolute atomic E-state index is 12.1. The van der Waals surface area contributed by atoms with E-state index in [-0.39, 0.29) is 17.8 Å². The van der Waals surface area contributed by atoms with Crippen molar-refractivity contribution in [1.82, 2.24) is 10.3 Å². The van der Waals surface area contributed by atoms with Crippen LogP contribution in [0.15, 0.2) is 0 Å². The van der Waals surface area contributed by atoms with Crippen molar-refractivity contribution in [2.45, 2.75) is 38.3 Å². The summed E-state index contributed by atoms with van der Waals surface area (Å²) >= 11 is 1.31. The molecule has 1 atom stereocenters. The Labute approximate surface area is 128 Å². The van der Waals surface area contributed by atoms with Crippen molar-refractivity contribution in [3.05, 3.63) is 4.88 Å². The number of carbonyl (C=O) groups is 1. The topological polar surface area (TPSA) is 118 Å². The molecular weight excluding hydrogens is 290 g/mol.